The van der Waals surface area contributed by atoms with E-state index in [1.54, 1.807) is 39.8 Å². The summed E-state index contributed by atoms with van der Waals surface area (Å²) in [5.74, 6) is -2.24. The zero-order valence-corrected chi connectivity index (χ0v) is 39.8. The van der Waals surface area contributed by atoms with Crippen LogP contribution in [0.4, 0.5) is 16.2 Å². The normalized spacial score (nSPS) is 15.0. The van der Waals surface area contributed by atoms with E-state index in [1.165, 1.54) is 41.3 Å². The largest absolute Gasteiger partial charge is 0.448 e. The quantitative estimate of drug-likeness (QED) is 0.0148. The zero-order chi connectivity index (χ0) is 49.1. The van der Waals surface area contributed by atoms with E-state index < -0.39 is 59.6 Å². The summed E-state index contributed by atoms with van der Waals surface area (Å²) < 4.78 is 42.1. The van der Waals surface area contributed by atoms with E-state index in [9.17, 15) is 34.6 Å². The molecular weight excluding hydrogens is 924 g/mol. The maximum absolute atomic E-state index is 15.0. The number of rotatable bonds is 27. The Hall–Kier alpha value is -5.99. The van der Waals surface area contributed by atoms with Crippen LogP contribution in [0, 0.1) is 26.1 Å². The van der Waals surface area contributed by atoms with Gasteiger partial charge < -0.3 is 37.8 Å². The first-order valence-electron chi connectivity index (χ1n) is 21.9. The van der Waals surface area contributed by atoms with Crippen molar-refractivity contribution in [3.05, 3.63) is 152 Å². The molecule has 0 aromatic heterocycles. The Balaban J connectivity index is 1.34. The van der Waals surface area contributed by atoms with Gasteiger partial charge in [0.1, 0.15) is 6.61 Å². The molecule has 19 nitrogen and oxygen atoms in total. The highest BCUT2D eigenvalue weighted by Gasteiger charge is 2.57. The number of likely N-dealkylation sites (tertiary alicyclic amines) is 1. The lowest BCUT2D eigenvalue weighted by Gasteiger charge is -2.50. The van der Waals surface area contributed by atoms with Crippen LogP contribution >= 0.6 is 19.3 Å². The summed E-state index contributed by atoms with van der Waals surface area (Å²) in [5.41, 5.74) is 2.02. The number of carbonyl (C=O) groups excluding carboxylic acids is 4. The molecule has 0 spiro atoms. The molecule has 5 rings (SSSR count). The number of carbonyl (C=O) groups is 4. The van der Waals surface area contributed by atoms with E-state index in [0.717, 1.165) is 11.8 Å². The van der Waals surface area contributed by atoms with Crippen molar-refractivity contribution in [2.45, 2.75) is 65.6 Å². The van der Waals surface area contributed by atoms with Crippen molar-refractivity contribution in [3.8, 4) is 0 Å². The molecule has 1 aliphatic heterocycles. The van der Waals surface area contributed by atoms with E-state index in [0.29, 0.717) is 22.3 Å². The fraction of sp³-hybridized carbons (Fsp3) is 0.383. The number of non-ortho nitro benzene ring substituents is 2. The number of alkyl carbamates (subject to hydrolysis) is 1. The summed E-state index contributed by atoms with van der Waals surface area (Å²) in [6.45, 7) is 7.11. The maximum Gasteiger partial charge on any atom is 0.407 e. The third-order valence-corrected chi connectivity index (χ3v) is 13.9. The van der Waals surface area contributed by atoms with Gasteiger partial charge >= 0.3 is 12.1 Å². The number of β-lactam (4-membered cyclic amide) rings is 1. The highest BCUT2D eigenvalue weighted by Crippen LogP contribution is 2.55. The van der Waals surface area contributed by atoms with Gasteiger partial charge in [0.2, 0.25) is 11.3 Å². The minimum absolute atomic E-state index is 0.00964. The Morgan fingerprint density at radius 2 is 1.26 bits per heavy atom. The van der Waals surface area contributed by atoms with Crippen molar-refractivity contribution in [1.82, 2.24) is 10.2 Å². The molecule has 4 aromatic rings. The van der Waals surface area contributed by atoms with Gasteiger partial charge in [-0.15, -0.1) is 0 Å². The SMILES string of the molecule is CCOP(OCC)(OCC)=C(C(=O)OC(c1ccccc1)c1ccccc1)N1C(=O)C(C(C)OCc2ccc([N+](=O)[O-])cc2)C1CC(=O)SCCOCCNC(=O)OCc1ccc([N+](=O)[O-])cc1. The zero-order valence-electron chi connectivity index (χ0n) is 38.1. The third-order valence-electron chi connectivity index (χ3n) is 10.3. The molecular formula is C47H55N4O15PS. The van der Waals surface area contributed by atoms with Crippen LogP contribution in [0.15, 0.2) is 109 Å². The molecule has 3 unspecified atom stereocenters. The number of ether oxygens (including phenoxy) is 4. The predicted molar refractivity (Wildman–Crippen MR) is 253 cm³/mol. The summed E-state index contributed by atoms with van der Waals surface area (Å²) in [5, 5.41) is 24.3. The van der Waals surface area contributed by atoms with Crippen LogP contribution in [-0.4, -0.2) is 101 Å². The van der Waals surface area contributed by atoms with Gasteiger partial charge in [-0.2, -0.15) is 0 Å². The second kappa shape index (κ2) is 26.5. The Morgan fingerprint density at radius 1 is 0.750 bits per heavy atom. The molecule has 1 heterocycles. The Kier molecular flexibility index (Phi) is 20.7. The number of nitrogens with zero attached hydrogens (tertiary/aromatic N) is 3. The number of thioether (sulfide) groups is 1. The Labute approximate surface area is 398 Å². The molecule has 21 heteroatoms. The molecule has 1 aliphatic rings. The molecule has 0 radical (unpaired) electrons. The van der Waals surface area contributed by atoms with Crippen LogP contribution in [0.3, 0.4) is 0 Å². The monoisotopic (exact) mass is 978 g/mol. The number of esters is 1. The molecule has 4 aromatic carbocycles. The third kappa shape index (κ3) is 14.5. The molecule has 1 N–H and O–H groups in total. The van der Waals surface area contributed by atoms with Crippen LogP contribution in [0.5, 0.6) is 0 Å². The van der Waals surface area contributed by atoms with Crippen LogP contribution in [-0.2, 0) is 60.1 Å². The van der Waals surface area contributed by atoms with Crippen molar-refractivity contribution in [1.29, 1.82) is 0 Å². The lowest BCUT2D eigenvalue weighted by atomic mass is 9.81. The second-order valence-electron chi connectivity index (χ2n) is 14.9. The van der Waals surface area contributed by atoms with Crippen molar-refractivity contribution in [2.24, 2.45) is 5.92 Å². The van der Waals surface area contributed by atoms with E-state index in [1.807, 2.05) is 60.7 Å². The summed E-state index contributed by atoms with van der Waals surface area (Å²) in [6.07, 6.45) is -2.69. The number of nitro benzene ring substituents is 2. The van der Waals surface area contributed by atoms with Crippen molar-refractivity contribution in [3.63, 3.8) is 0 Å². The van der Waals surface area contributed by atoms with Gasteiger partial charge in [-0.3, -0.25) is 34.7 Å². The standard InChI is InChI=1S/C47H55N4O15PS/c1-5-63-67(64-6-2,65-7-3)45(46(54)66-43(36-14-10-8-11-15-36)37-16-12-9-13-17-37)49-40(42(44(49)53)33(4)61-31-34-18-22-38(23-19-34)50(56)57)30-41(52)68-29-28-60-27-26-48-47(55)62-32-35-20-24-39(25-21-35)51(58)59/h8-25,33,40,42-43H,5-7,26-32H2,1-4H3,(H,48,55). The predicted octanol–water partition coefficient (Wildman–Crippen LogP) is 8.16. The number of hydrogen-bond donors (Lipinski definition) is 1. The van der Waals surface area contributed by atoms with E-state index in [4.69, 9.17) is 32.5 Å². The minimum Gasteiger partial charge on any atom is -0.448 e. The molecule has 68 heavy (non-hydrogen) atoms. The molecule has 0 bridgehead atoms. The molecule has 1 saturated heterocycles. The average Bonchev–Trinajstić information content (AvgIpc) is 3.34. The number of nitrogens with one attached hydrogen (secondary N) is 1. The fourth-order valence-corrected chi connectivity index (χ4v) is 10.3. The summed E-state index contributed by atoms with van der Waals surface area (Å²) in [6, 6.07) is 28.6. The highest BCUT2D eigenvalue weighted by molar-refractivity contribution is 8.13. The highest BCUT2D eigenvalue weighted by atomic mass is 32.2. The summed E-state index contributed by atoms with van der Waals surface area (Å²) in [7, 11) is -3.89. The van der Waals surface area contributed by atoms with Crippen LogP contribution in [0.1, 0.15) is 62.5 Å². The first-order valence-corrected chi connectivity index (χ1v) is 24.4. The first kappa shape index (κ1) is 53.0. The van der Waals surface area contributed by atoms with E-state index >= 15 is 4.79 Å². The molecule has 0 saturated carbocycles. The molecule has 3 atom stereocenters. The van der Waals surface area contributed by atoms with Gasteiger partial charge in [-0.1, -0.05) is 72.4 Å². The minimum atomic E-state index is -3.89. The van der Waals surface area contributed by atoms with Gasteiger partial charge in [-0.05, 0) is 74.2 Å². The van der Waals surface area contributed by atoms with Gasteiger partial charge in [0.05, 0.1) is 67.6 Å². The first-order chi connectivity index (χ1) is 32.8. The molecule has 0 aliphatic carbocycles. The Bertz CT molecular complexity index is 2310. The molecule has 364 valence electrons. The lowest BCUT2D eigenvalue weighted by Crippen LogP contribution is -2.68. The second-order valence-corrected chi connectivity index (χ2v) is 18.2. The number of amides is 2. The van der Waals surface area contributed by atoms with Gasteiger partial charge in [0, 0.05) is 43.0 Å². The molecule has 2 amide bonds. The van der Waals surface area contributed by atoms with Crippen molar-refractivity contribution >= 4 is 59.2 Å². The fourth-order valence-electron chi connectivity index (χ4n) is 7.18. The number of nitro groups is 2. The summed E-state index contributed by atoms with van der Waals surface area (Å²) >= 11 is 0.959. The Morgan fingerprint density at radius 3 is 1.76 bits per heavy atom. The van der Waals surface area contributed by atoms with Gasteiger partial charge in [-0.25, -0.2) is 9.59 Å². The van der Waals surface area contributed by atoms with Crippen LogP contribution in [0.25, 0.3) is 0 Å². The van der Waals surface area contributed by atoms with Crippen molar-refractivity contribution < 1.29 is 61.5 Å². The topological polar surface area (TPSA) is 234 Å². The number of benzene rings is 4. The molecule has 1 fully saturated rings. The van der Waals surface area contributed by atoms with E-state index in [2.05, 4.69) is 5.32 Å². The van der Waals surface area contributed by atoms with E-state index in [-0.39, 0.29) is 86.9 Å². The van der Waals surface area contributed by atoms with Gasteiger partial charge in [0.15, 0.2) is 11.2 Å². The maximum atomic E-state index is 15.0. The smallest absolute Gasteiger partial charge is 0.407 e. The number of hydrogen-bond acceptors (Lipinski definition) is 16. The summed E-state index contributed by atoms with van der Waals surface area (Å²) in [4.78, 5) is 78.0. The van der Waals surface area contributed by atoms with Crippen molar-refractivity contribution in [2.75, 3.05) is 45.3 Å². The lowest BCUT2D eigenvalue weighted by molar-refractivity contribution is -0.385. The average molecular weight is 979 g/mol. The van der Waals surface area contributed by atoms with Gasteiger partial charge in [0.25, 0.3) is 18.9 Å². The van der Waals surface area contributed by atoms with Crippen LogP contribution < -0.4 is 5.32 Å². The van der Waals surface area contributed by atoms with Crippen LogP contribution in [0.2, 0.25) is 0 Å².